The number of sulfonamides is 1. The zero-order valence-corrected chi connectivity index (χ0v) is 24.9. The maximum absolute atomic E-state index is 13.4. The minimum atomic E-state index is -4.46. The first kappa shape index (κ1) is 32.7. The van der Waals surface area contributed by atoms with Gasteiger partial charge in [0, 0.05) is 25.7 Å². The predicted molar refractivity (Wildman–Crippen MR) is 164 cm³/mol. The van der Waals surface area contributed by atoms with Gasteiger partial charge < -0.3 is 15.7 Å². The maximum Gasteiger partial charge on any atom is 0.416 e. The molecule has 0 saturated carbocycles. The summed E-state index contributed by atoms with van der Waals surface area (Å²) >= 11 is 0. The summed E-state index contributed by atoms with van der Waals surface area (Å²) in [6.45, 7) is 0.0767. The molecule has 2 atom stereocenters. The first-order valence-electron chi connectivity index (χ1n) is 13.9. The largest absolute Gasteiger partial charge is 0.416 e. The highest BCUT2D eigenvalue weighted by Gasteiger charge is 2.30. The molecule has 232 valence electrons. The second-order valence-corrected chi connectivity index (χ2v) is 12.4. The molecule has 3 N–H and O–H groups in total. The molecule has 0 aliphatic rings. The van der Waals surface area contributed by atoms with Crippen LogP contribution in [0.1, 0.15) is 32.6 Å². The van der Waals surface area contributed by atoms with Crippen molar-refractivity contribution in [2.75, 3.05) is 17.9 Å². The number of halogens is 3. The van der Waals surface area contributed by atoms with Crippen molar-refractivity contribution in [1.82, 2.24) is 10.6 Å². The molecule has 0 radical (unpaired) electrons. The number of aliphatic hydroxyl groups is 1. The van der Waals surface area contributed by atoms with Gasteiger partial charge in [-0.3, -0.25) is 9.10 Å². The van der Waals surface area contributed by atoms with Gasteiger partial charge in [0.2, 0.25) is 10.0 Å². The molecule has 0 bridgehead atoms. The highest BCUT2D eigenvalue weighted by atomic mass is 32.2. The lowest BCUT2D eigenvalue weighted by Gasteiger charge is -2.25. The topological polar surface area (TPSA) is 98.7 Å². The summed E-state index contributed by atoms with van der Waals surface area (Å²) in [5.74, 6) is -0.724. The Morgan fingerprint density at radius 1 is 0.841 bits per heavy atom. The summed E-state index contributed by atoms with van der Waals surface area (Å²) < 4.78 is 66.5. The van der Waals surface area contributed by atoms with Gasteiger partial charge in [0.1, 0.15) is 0 Å². The summed E-state index contributed by atoms with van der Waals surface area (Å²) in [4.78, 5) is 13.4. The van der Waals surface area contributed by atoms with Crippen LogP contribution in [-0.2, 0) is 34.9 Å². The number of aliphatic hydroxyl groups excluding tert-OH is 1. The summed E-state index contributed by atoms with van der Waals surface area (Å²) in [5, 5.41) is 16.9. The summed E-state index contributed by atoms with van der Waals surface area (Å²) in [5.41, 5.74) is 1.64. The average molecular weight is 626 g/mol. The Labute approximate surface area is 255 Å². The van der Waals surface area contributed by atoms with E-state index in [4.69, 9.17) is 0 Å². The Balaban J connectivity index is 1.45. The van der Waals surface area contributed by atoms with Gasteiger partial charge in [-0.2, -0.15) is 13.2 Å². The molecule has 1 amide bonds. The third kappa shape index (κ3) is 9.15. The Morgan fingerprint density at radius 3 is 2.11 bits per heavy atom. The predicted octanol–water partition coefficient (Wildman–Crippen LogP) is 5.16. The molecule has 7 nitrogen and oxygen atoms in total. The smallest absolute Gasteiger partial charge is 0.390 e. The molecule has 11 heteroatoms. The molecule has 4 rings (SSSR count). The standard InChI is InChI=1S/C33H34F3N3O4S/c1-39(44(42,43)23-25-12-6-3-7-13-25)29-17-9-15-27(20-29)32(41)38-30(19-24-10-4-2-5-11-24)31(40)22-37-21-26-14-8-16-28(18-26)33(34,35)36/h2-18,20,30-31,37,40H,19,21-23H2,1H3,(H,38,41). The number of carbonyl (C=O) groups is 1. The van der Waals surface area contributed by atoms with Crippen LogP contribution in [0.15, 0.2) is 109 Å². The first-order chi connectivity index (χ1) is 20.9. The van der Waals surface area contributed by atoms with Crippen molar-refractivity contribution < 1.29 is 31.5 Å². The van der Waals surface area contributed by atoms with Crippen LogP contribution in [-0.4, -0.2) is 45.2 Å². The SMILES string of the molecule is CN(c1cccc(C(=O)NC(Cc2ccccc2)C(O)CNCc2cccc(C(F)(F)F)c2)c1)S(=O)(=O)Cc1ccccc1. The zero-order chi connectivity index (χ0) is 31.7. The lowest BCUT2D eigenvalue weighted by atomic mass is 10.00. The highest BCUT2D eigenvalue weighted by Crippen LogP contribution is 2.29. The fraction of sp³-hybridized carbons (Fsp3) is 0.242. The van der Waals surface area contributed by atoms with E-state index in [0.717, 1.165) is 22.0 Å². The number of carbonyl (C=O) groups excluding carboxylic acids is 1. The van der Waals surface area contributed by atoms with Gasteiger partial charge in [-0.1, -0.05) is 84.9 Å². The van der Waals surface area contributed by atoms with Crippen LogP contribution in [0.25, 0.3) is 0 Å². The lowest BCUT2D eigenvalue weighted by Crippen LogP contribution is -2.48. The van der Waals surface area contributed by atoms with E-state index in [1.54, 1.807) is 54.6 Å². The van der Waals surface area contributed by atoms with E-state index in [0.29, 0.717) is 16.8 Å². The normalized spacial score (nSPS) is 13.2. The Morgan fingerprint density at radius 2 is 1.45 bits per heavy atom. The number of nitrogens with zero attached hydrogens (tertiary/aromatic N) is 1. The summed E-state index contributed by atoms with van der Waals surface area (Å²) in [7, 11) is -2.32. The quantitative estimate of drug-likeness (QED) is 0.191. The first-order valence-corrected chi connectivity index (χ1v) is 15.5. The molecular formula is C33H34F3N3O4S. The van der Waals surface area contributed by atoms with Gasteiger partial charge in [-0.25, -0.2) is 8.42 Å². The van der Waals surface area contributed by atoms with Crippen LogP contribution in [0.3, 0.4) is 0 Å². The number of amides is 1. The van der Waals surface area contributed by atoms with Crippen molar-refractivity contribution in [1.29, 1.82) is 0 Å². The number of hydrogen-bond donors (Lipinski definition) is 3. The number of benzene rings is 4. The molecule has 0 heterocycles. The van der Waals surface area contributed by atoms with Gasteiger partial charge in [0.05, 0.1) is 29.1 Å². The van der Waals surface area contributed by atoms with E-state index < -0.39 is 39.8 Å². The minimum Gasteiger partial charge on any atom is -0.390 e. The van der Waals surface area contributed by atoms with Gasteiger partial charge in [-0.05, 0) is 47.4 Å². The number of nitrogens with one attached hydrogen (secondary N) is 2. The van der Waals surface area contributed by atoms with Crippen molar-refractivity contribution in [2.24, 2.45) is 0 Å². The fourth-order valence-corrected chi connectivity index (χ4v) is 5.89. The number of alkyl halides is 3. The molecule has 0 spiro atoms. The molecule has 0 fully saturated rings. The van der Waals surface area contributed by atoms with E-state index in [9.17, 15) is 31.5 Å². The van der Waals surface area contributed by atoms with Gasteiger partial charge in [0.25, 0.3) is 5.91 Å². The van der Waals surface area contributed by atoms with E-state index in [-0.39, 0.29) is 30.8 Å². The van der Waals surface area contributed by atoms with Crippen LogP contribution in [0.5, 0.6) is 0 Å². The zero-order valence-electron chi connectivity index (χ0n) is 24.0. The molecular weight excluding hydrogens is 591 g/mol. The van der Waals surface area contributed by atoms with Crippen LogP contribution >= 0.6 is 0 Å². The second kappa shape index (κ2) is 14.5. The molecule has 0 saturated heterocycles. The number of hydrogen-bond acceptors (Lipinski definition) is 5. The van der Waals surface area contributed by atoms with Crippen molar-refractivity contribution in [3.8, 4) is 0 Å². The Kier molecular flexibility index (Phi) is 10.8. The Hall–Kier alpha value is -4.19. The van der Waals surface area contributed by atoms with Gasteiger partial charge in [0.15, 0.2) is 0 Å². The van der Waals surface area contributed by atoms with Crippen molar-refractivity contribution in [3.63, 3.8) is 0 Å². The summed E-state index contributed by atoms with van der Waals surface area (Å²) in [6.07, 6.45) is -5.27. The minimum absolute atomic E-state index is 0.00542. The monoisotopic (exact) mass is 625 g/mol. The van der Waals surface area contributed by atoms with Gasteiger partial charge in [-0.15, -0.1) is 0 Å². The molecule has 0 aromatic heterocycles. The average Bonchev–Trinajstić information content (AvgIpc) is 3.01. The molecule has 4 aromatic rings. The van der Waals surface area contributed by atoms with Gasteiger partial charge >= 0.3 is 6.18 Å². The highest BCUT2D eigenvalue weighted by molar-refractivity contribution is 7.92. The van der Waals surface area contributed by atoms with Crippen molar-refractivity contribution in [2.45, 2.75) is 37.0 Å². The van der Waals surface area contributed by atoms with E-state index >= 15 is 0 Å². The number of rotatable bonds is 13. The molecule has 44 heavy (non-hydrogen) atoms. The Bertz CT molecular complexity index is 1640. The van der Waals surface area contributed by atoms with Crippen LogP contribution in [0.4, 0.5) is 18.9 Å². The second-order valence-electron chi connectivity index (χ2n) is 10.4. The molecule has 0 aliphatic heterocycles. The molecule has 0 aliphatic carbocycles. The molecule has 4 aromatic carbocycles. The van der Waals surface area contributed by atoms with Crippen molar-refractivity contribution >= 4 is 21.6 Å². The van der Waals surface area contributed by atoms with E-state index in [1.165, 1.54) is 19.2 Å². The van der Waals surface area contributed by atoms with Crippen molar-refractivity contribution in [3.05, 3.63) is 137 Å². The lowest BCUT2D eigenvalue weighted by molar-refractivity contribution is -0.137. The maximum atomic E-state index is 13.4. The van der Waals surface area contributed by atoms with E-state index in [2.05, 4.69) is 10.6 Å². The van der Waals surface area contributed by atoms with Crippen LogP contribution < -0.4 is 14.9 Å². The third-order valence-corrected chi connectivity index (χ3v) is 8.84. The van der Waals surface area contributed by atoms with E-state index in [1.807, 2.05) is 30.3 Å². The molecule has 2 unspecified atom stereocenters. The third-order valence-electron chi connectivity index (χ3n) is 7.10. The van der Waals surface area contributed by atoms with Crippen LogP contribution in [0, 0.1) is 0 Å². The fourth-order valence-electron chi connectivity index (χ4n) is 4.65. The van der Waals surface area contributed by atoms with Crippen LogP contribution in [0.2, 0.25) is 0 Å². The number of anilines is 1. The summed E-state index contributed by atoms with van der Waals surface area (Å²) in [6, 6.07) is 28.4.